The standard InChI is InChI=1S/C4H11NO3.C3H7O4P/c5-4(1-6,2-7)3-8;1-2-3(7-2)8(4,5)6/h6-8H,1-3,5H2;2-3H,1H3,(H2,4,5,6)/t;2?,3-/m.1/s1. The van der Waals surface area contributed by atoms with Gasteiger partial charge in [0, 0.05) is 0 Å². The summed E-state index contributed by atoms with van der Waals surface area (Å²) < 4.78 is 14.7. The lowest BCUT2D eigenvalue weighted by Crippen LogP contribution is -2.50. The molecule has 1 fully saturated rings. The molecule has 0 spiro atoms. The first-order valence-corrected chi connectivity index (χ1v) is 6.20. The summed E-state index contributed by atoms with van der Waals surface area (Å²) >= 11 is 0. The summed E-state index contributed by atoms with van der Waals surface area (Å²) in [4.78, 5) is 16.6. The molecule has 16 heavy (non-hydrogen) atoms. The van der Waals surface area contributed by atoms with E-state index >= 15 is 0 Å². The molecule has 7 N–H and O–H groups in total. The van der Waals surface area contributed by atoms with Crippen molar-refractivity contribution in [3.63, 3.8) is 0 Å². The second kappa shape index (κ2) is 6.04. The van der Waals surface area contributed by atoms with Crippen molar-refractivity contribution in [2.45, 2.75) is 24.4 Å². The fraction of sp³-hybridized carbons (Fsp3) is 1.00. The van der Waals surface area contributed by atoms with E-state index in [9.17, 15) is 4.57 Å². The van der Waals surface area contributed by atoms with Gasteiger partial charge in [0.1, 0.15) is 0 Å². The van der Waals surface area contributed by atoms with Crippen LogP contribution in [0.3, 0.4) is 0 Å². The molecule has 1 unspecified atom stereocenters. The maximum Gasteiger partial charge on any atom is 0.356 e. The summed E-state index contributed by atoms with van der Waals surface area (Å²) in [6.07, 6.45) is -0.254. The summed E-state index contributed by atoms with van der Waals surface area (Å²) in [6.45, 7) is 0.420. The van der Waals surface area contributed by atoms with Gasteiger partial charge in [-0.25, -0.2) is 0 Å². The smallest absolute Gasteiger partial charge is 0.356 e. The van der Waals surface area contributed by atoms with E-state index in [0.717, 1.165) is 0 Å². The van der Waals surface area contributed by atoms with Gasteiger partial charge in [-0.1, -0.05) is 0 Å². The van der Waals surface area contributed by atoms with Crippen molar-refractivity contribution >= 4 is 7.60 Å². The zero-order valence-electron chi connectivity index (χ0n) is 8.85. The lowest BCUT2D eigenvalue weighted by molar-refractivity contribution is 0.0697. The first-order chi connectivity index (χ1) is 7.20. The Bertz CT molecular complexity index is 243. The Morgan fingerprint density at radius 2 is 1.56 bits per heavy atom. The van der Waals surface area contributed by atoms with Gasteiger partial charge in [0.05, 0.1) is 31.5 Å². The van der Waals surface area contributed by atoms with Crippen molar-refractivity contribution in [2.24, 2.45) is 5.73 Å². The summed E-state index contributed by atoms with van der Waals surface area (Å²) in [5.74, 6) is -0.817. The normalized spacial score (nSPS) is 24.7. The predicted molar refractivity (Wildman–Crippen MR) is 54.6 cm³/mol. The summed E-state index contributed by atoms with van der Waals surface area (Å²) in [7, 11) is -3.90. The molecule has 1 aliphatic heterocycles. The minimum absolute atomic E-state index is 0.254. The number of hydrogen-bond acceptors (Lipinski definition) is 6. The molecule has 0 saturated carbocycles. The Labute approximate surface area is 92.8 Å². The van der Waals surface area contributed by atoms with Gasteiger partial charge in [-0.2, -0.15) is 0 Å². The summed E-state index contributed by atoms with van der Waals surface area (Å²) in [5.41, 5.74) is 3.94. The lowest BCUT2D eigenvalue weighted by atomic mass is 10.1. The zero-order valence-corrected chi connectivity index (χ0v) is 9.75. The Morgan fingerprint density at radius 3 is 1.56 bits per heavy atom. The van der Waals surface area contributed by atoms with Gasteiger partial charge in [0.2, 0.25) is 0 Å². The molecule has 0 radical (unpaired) electrons. The van der Waals surface area contributed by atoms with Crippen LogP contribution in [-0.4, -0.2) is 62.4 Å². The molecule has 0 aromatic carbocycles. The maximum atomic E-state index is 10.2. The van der Waals surface area contributed by atoms with Crippen LogP contribution >= 0.6 is 7.60 Å². The van der Waals surface area contributed by atoms with Crippen LogP contribution in [0.1, 0.15) is 6.92 Å². The fourth-order valence-corrected chi connectivity index (χ4v) is 1.57. The number of nitrogens with two attached hydrogens (primary N) is 1. The molecule has 1 heterocycles. The van der Waals surface area contributed by atoms with E-state index in [-0.39, 0.29) is 6.10 Å². The van der Waals surface area contributed by atoms with Gasteiger partial charge < -0.3 is 35.6 Å². The Hall–Kier alpha value is -0.0500. The van der Waals surface area contributed by atoms with Crippen LogP contribution < -0.4 is 5.73 Å². The molecule has 0 amide bonds. The Balaban J connectivity index is 0.000000281. The molecule has 8 nitrogen and oxygen atoms in total. The number of hydrogen-bond donors (Lipinski definition) is 6. The molecule has 1 rings (SSSR count). The second-order valence-corrected chi connectivity index (χ2v) is 5.34. The quantitative estimate of drug-likeness (QED) is 0.240. The summed E-state index contributed by atoms with van der Waals surface area (Å²) in [6, 6.07) is 0. The predicted octanol–water partition coefficient (Wildman–Crippen LogP) is -2.43. The molecule has 98 valence electrons. The van der Waals surface area contributed by atoms with Gasteiger partial charge in [0.25, 0.3) is 0 Å². The monoisotopic (exact) mass is 259 g/mol. The molecule has 1 saturated heterocycles. The van der Waals surface area contributed by atoms with E-state index < -0.39 is 38.8 Å². The molecule has 0 aromatic heterocycles. The third kappa shape index (κ3) is 5.33. The molecule has 0 bridgehead atoms. The van der Waals surface area contributed by atoms with Crippen LogP contribution in [0.15, 0.2) is 0 Å². The molecule has 2 atom stereocenters. The van der Waals surface area contributed by atoms with Crippen LogP contribution in [0, 0.1) is 0 Å². The average Bonchev–Trinajstić information content (AvgIpc) is 2.95. The van der Waals surface area contributed by atoms with E-state index in [0.29, 0.717) is 0 Å². The third-order valence-electron chi connectivity index (χ3n) is 1.96. The van der Waals surface area contributed by atoms with Crippen LogP contribution in [0.5, 0.6) is 0 Å². The van der Waals surface area contributed by atoms with Gasteiger partial charge in [-0.05, 0) is 6.92 Å². The van der Waals surface area contributed by atoms with Crippen LogP contribution in [-0.2, 0) is 9.30 Å². The summed E-state index contributed by atoms with van der Waals surface area (Å²) in [5, 5.41) is 25.0. The SMILES string of the molecule is CC1O[C@@H]1P(=O)(O)O.NC(CO)(CO)CO. The molecule has 9 heteroatoms. The van der Waals surface area contributed by atoms with Crippen molar-refractivity contribution in [3.8, 4) is 0 Å². The Kier molecular flexibility index (Phi) is 6.02. The van der Waals surface area contributed by atoms with Crippen molar-refractivity contribution in [3.05, 3.63) is 0 Å². The number of aliphatic hydroxyl groups is 3. The fourth-order valence-electron chi connectivity index (χ4n) is 0.677. The van der Waals surface area contributed by atoms with Crippen LogP contribution in [0.4, 0.5) is 0 Å². The van der Waals surface area contributed by atoms with Crippen molar-refractivity contribution in [2.75, 3.05) is 19.8 Å². The third-order valence-corrected chi connectivity index (χ3v) is 3.16. The molecular formula is C7H18NO7P. The molecule has 0 aromatic rings. The van der Waals surface area contributed by atoms with Gasteiger partial charge in [0.15, 0.2) is 5.85 Å². The van der Waals surface area contributed by atoms with E-state index in [1.165, 1.54) is 0 Å². The largest absolute Gasteiger partial charge is 0.394 e. The second-order valence-electron chi connectivity index (χ2n) is 3.66. The Morgan fingerprint density at radius 1 is 1.25 bits per heavy atom. The average molecular weight is 259 g/mol. The number of rotatable bonds is 4. The van der Waals surface area contributed by atoms with Gasteiger partial charge >= 0.3 is 7.60 Å². The zero-order chi connectivity index (χ0) is 13.0. The minimum Gasteiger partial charge on any atom is -0.394 e. The van der Waals surface area contributed by atoms with E-state index in [4.69, 9.17) is 30.8 Å². The first-order valence-electron chi connectivity index (χ1n) is 4.52. The molecular weight excluding hydrogens is 241 g/mol. The van der Waals surface area contributed by atoms with E-state index in [1.807, 2.05) is 0 Å². The topological polar surface area (TPSA) is 157 Å². The number of aliphatic hydroxyl groups excluding tert-OH is 3. The highest BCUT2D eigenvalue weighted by Gasteiger charge is 2.48. The van der Waals surface area contributed by atoms with Crippen molar-refractivity contribution in [1.82, 2.24) is 0 Å². The van der Waals surface area contributed by atoms with Crippen LogP contribution in [0.25, 0.3) is 0 Å². The van der Waals surface area contributed by atoms with Crippen molar-refractivity contribution in [1.29, 1.82) is 0 Å². The minimum atomic E-state index is -3.90. The maximum absolute atomic E-state index is 10.2. The van der Waals surface area contributed by atoms with E-state index in [2.05, 4.69) is 4.74 Å². The molecule has 1 aliphatic rings. The van der Waals surface area contributed by atoms with Crippen molar-refractivity contribution < 1.29 is 34.4 Å². The highest BCUT2D eigenvalue weighted by atomic mass is 31.2. The highest BCUT2D eigenvalue weighted by Crippen LogP contribution is 2.52. The number of ether oxygens (including phenoxy) is 1. The van der Waals surface area contributed by atoms with Gasteiger partial charge in [-0.15, -0.1) is 0 Å². The van der Waals surface area contributed by atoms with Gasteiger partial charge in [-0.3, -0.25) is 4.57 Å². The van der Waals surface area contributed by atoms with E-state index in [1.54, 1.807) is 6.92 Å². The highest BCUT2D eigenvalue weighted by molar-refractivity contribution is 7.52. The first kappa shape index (κ1) is 16.0. The lowest BCUT2D eigenvalue weighted by Gasteiger charge is -2.20. The number of epoxide rings is 1. The molecule has 0 aliphatic carbocycles. The van der Waals surface area contributed by atoms with Crippen LogP contribution in [0.2, 0.25) is 0 Å².